The summed E-state index contributed by atoms with van der Waals surface area (Å²) >= 11 is 1.80. The van der Waals surface area contributed by atoms with Crippen LogP contribution in [0, 0.1) is 5.82 Å². The predicted molar refractivity (Wildman–Crippen MR) is 86.4 cm³/mol. The van der Waals surface area contributed by atoms with E-state index in [1.165, 1.54) is 35.5 Å². The first-order valence-electron chi connectivity index (χ1n) is 7.71. The number of fused-ring (bicyclic) bond motifs is 1. The lowest BCUT2D eigenvalue weighted by atomic mass is 10.0. The molecule has 1 aromatic carbocycles. The molecule has 1 aliphatic rings. The third-order valence-electron chi connectivity index (χ3n) is 4.03. The monoisotopic (exact) mass is 320 g/mol. The summed E-state index contributed by atoms with van der Waals surface area (Å²) in [5.41, 5.74) is 2.02. The predicted octanol–water partition coefficient (Wildman–Crippen LogP) is 3.33. The number of aliphatic hydroxyl groups excluding tert-OH is 1. The van der Waals surface area contributed by atoms with Gasteiger partial charge in [0.05, 0.1) is 18.3 Å². The molecule has 0 fully saturated rings. The lowest BCUT2D eigenvalue weighted by Gasteiger charge is -2.19. The molecular formula is C17H21FN2OS. The fourth-order valence-electron chi connectivity index (χ4n) is 2.85. The van der Waals surface area contributed by atoms with E-state index in [0.29, 0.717) is 6.54 Å². The summed E-state index contributed by atoms with van der Waals surface area (Å²) in [5, 5.41) is 11.4. The topological polar surface area (TPSA) is 36.4 Å². The van der Waals surface area contributed by atoms with Crippen molar-refractivity contribution >= 4 is 11.3 Å². The second-order valence-corrected chi connectivity index (χ2v) is 7.12. The van der Waals surface area contributed by atoms with Gasteiger partial charge in [-0.1, -0.05) is 12.1 Å². The number of aliphatic hydroxyl groups is 1. The Hall–Kier alpha value is -1.30. The SMILES string of the molecule is CN(Cc1nc2c(s1)CCCC2)CC(O)c1ccc(F)cc1. The van der Waals surface area contributed by atoms with Gasteiger partial charge in [0.15, 0.2) is 0 Å². The third-order valence-corrected chi connectivity index (χ3v) is 5.18. The Balaban J connectivity index is 1.58. The van der Waals surface area contributed by atoms with E-state index < -0.39 is 6.10 Å². The van der Waals surface area contributed by atoms with Crippen LogP contribution in [0.15, 0.2) is 24.3 Å². The van der Waals surface area contributed by atoms with Crippen LogP contribution in [-0.2, 0) is 19.4 Å². The maximum Gasteiger partial charge on any atom is 0.123 e. The highest BCUT2D eigenvalue weighted by Gasteiger charge is 2.17. The smallest absolute Gasteiger partial charge is 0.123 e. The van der Waals surface area contributed by atoms with E-state index in [1.54, 1.807) is 23.5 Å². The highest BCUT2D eigenvalue weighted by molar-refractivity contribution is 7.11. The van der Waals surface area contributed by atoms with E-state index in [2.05, 4.69) is 4.90 Å². The Bertz CT molecular complexity index is 603. The first-order valence-corrected chi connectivity index (χ1v) is 8.53. The molecule has 5 heteroatoms. The van der Waals surface area contributed by atoms with Gasteiger partial charge in [0.2, 0.25) is 0 Å². The summed E-state index contributed by atoms with van der Waals surface area (Å²) in [4.78, 5) is 8.23. The number of aromatic nitrogens is 1. The average Bonchev–Trinajstić information content (AvgIpc) is 2.89. The molecule has 1 unspecified atom stereocenters. The van der Waals surface area contributed by atoms with Crippen LogP contribution >= 0.6 is 11.3 Å². The highest BCUT2D eigenvalue weighted by atomic mass is 32.1. The molecule has 1 atom stereocenters. The van der Waals surface area contributed by atoms with Crippen LogP contribution in [0.5, 0.6) is 0 Å². The zero-order valence-electron chi connectivity index (χ0n) is 12.8. The van der Waals surface area contributed by atoms with Crippen molar-refractivity contribution in [3.63, 3.8) is 0 Å². The zero-order chi connectivity index (χ0) is 15.5. The average molecular weight is 320 g/mol. The molecule has 0 radical (unpaired) electrons. The van der Waals surface area contributed by atoms with Crippen molar-refractivity contribution in [3.8, 4) is 0 Å². The Labute approximate surface area is 134 Å². The summed E-state index contributed by atoms with van der Waals surface area (Å²) in [6.45, 7) is 1.26. The van der Waals surface area contributed by atoms with Gasteiger partial charge in [-0.3, -0.25) is 4.90 Å². The van der Waals surface area contributed by atoms with Gasteiger partial charge < -0.3 is 5.11 Å². The number of nitrogens with zero attached hydrogens (tertiary/aromatic N) is 2. The van der Waals surface area contributed by atoms with E-state index >= 15 is 0 Å². The van der Waals surface area contributed by atoms with Gasteiger partial charge in [0.25, 0.3) is 0 Å². The lowest BCUT2D eigenvalue weighted by molar-refractivity contribution is 0.123. The van der Waals surface area contributed by atoms with Crippen molar-refractivity contribution in [1.82, 2.24) is 9.88 Å². The second-order valence-electron chi connectivity index (χ2n) is 5.95. The van der Waals surface area contributed by atoms with Gasteiger partial charge in [-0.05, 0) is 50.4 Å². The van der Waals surface area contributed by atoms with Crippen molar-refractivity contribution in [2.75, 3.05) is 13.6 Å². The first-order chi connectivity index (χ1) is 10.6. The molecule has 3 nitrogen and oxygen atoms in total. The molecule has 0 aliphatic heterocycles. The van der Waals surface area contributed by atoms with Crippen LogP contribution in [0.4, 0.5) is 4.39 Å². The van der Waals surface area contributed by atoms with Crippen molar-refractivity contribution in [2.24, 2.45) is 0 Å². The molecule has 1 heterocycles. The number of aryl methyl sites for hydroxylation is 2. The van der Waals surface area contributed by atoms with Crippen LogP contribution < -0.4 is 0 Å². The van der Waals surface area contributed by atoms with Crippen LogP contribution in [-0.4, -0.2) is 28.6 Å². The maximum absolute atomic E-state index is 12.9. The van der Waals surface area contributed by atoms with Gasteiger partial charge >= 0.3 is 0 Å². The quantitative estimate of drug-likeness (QED) is 0.918. The molecule has 118 valence electrons. The summed E-state index contributed by atoms with van der Waals surface area (Å²) in [5.74, 6) is -0.280. The summed E-state index contributed by atoms with van der Waals surface area (Å²) in [6.07, 6.45) is 4.17. The Kier molecular flexibility index (Phi) is 4.86. The Morgan fingerprint density at radius 1 is 1.27 bits per heavy atom. The highest BCUT2D eigenvalue weighted by Crippen LogP contribution is 2.27. The van der Waals surface area contributed by atoms with Crippen LogP contribution in [0.3, 0.4) is 0 Å². The summed E-state index contributed by atoms with van der Waals surface area (Å²) in [6, 6.07) is 6.03. The zero-order valence-corrected chi connectivity index (χ0v) is 13.6. The third kappa shape index (κ3) is 3.72. The minimum Gasteiger partial charge on any atom is -0.387 e. The number of hydrogen-bond acceptors (Lipinski definition) is 4. The molecule has 3 rings (SSSR count). The summed E-state index contributed by atoms with van der Waals surface area (Å²) < 4.78 is 12.9. The standard InChI is InChI=1S/C17H21FN2OS/c1-20(10-15(21)12-6-8-13(18)9-7-12)11-17-19-14-4-2-3-5-16(14)22-17/h6-9,15,21H,2-5,10-11H2,1H3. The minimum atomic E-state index is -0.611. The van der Waals surface area contributed by atoms with E-state index in [0.717, 1.165) is 30.0 Å². The van der Waals surface area contributed by atoms with E-state index in [9.17, 15) is 9.50 Å². The molecule has 1 aromatic heterocycles. The van der Waals surface area contributed by atoms with E-state index in [1.807, 2.05) is 7.05 Å². The molecule has 0 amide bonds. The van der Waals surface area contributed by atoms with Gasteiger partial charge in [0, 0.05) is 11.4 Å². The molecule has 0 saturated carbocycles. The fourth-order valence-corrected chi connectivity index (χ4v) is 4.09. The van der Waals surface area contributed by atoms with Crippen molar-refractivity contribution in [2.45, 2.75) is 38.3 Å². The Morgan fingerprint density at radius 3 is 2.73 bits per heavy atom. The van der Waals surface area contributed by atoms with Crippen molar-refractivity contribution < 1.29 is 9.50 Å². The van der Waals surface area contributed by atoms with Gasteiger partial charge in [0.1, 0.15) is 10.8 Å². The van der Waals surface area contributed by atoms with Crippen LogP contribution in [0.1, 0.15) is 40.1 Å². The maximum atomic E-state index is 12.9. The Morgan fingerprint density at radius 2 is 2.00 bits per heavy atom. The molecule has 1 N–H and O–H groups in total. The van der Waals surface area contributed by atoms with Gasteiger partial charge in [-0.15, -0.1) is 11.3 Å². The minimum absolute atomic E-state index is 0.280. The lowest BCUT2D eigenvalue weighted by Crippen LogP contribution is -2.24. The fraction of sp³-hybridized carbons (Fsp3) is 0.471. The molecule has 1 aliphatic carbocycles. The number of benzene rings is 1. The normalized spacial score (nSPS) is 15.8. The van der Waals surface area contributed by atoms with Crippen LogP contribution in [0.25, 0.3) is 0 Å². The second kappa shape index (κ2) is 6.86. The number of hydrogen-bond donors (Lipinski definition) is 1. The molecule has 22 heavy (non-hydrogen) atoms. The number of likely N-dealkylation sites (N-methyl/N-ethyl adjacent to an activating group) is 1. The van der Waals surface area contributed by atoms with Gasteiger partial charge in [-0.25, -0.2) is 9.37 Å². The molecular weight excluding hydrogens is 299 g/mol. The molecule has 0 spiro atoms. The molecule has 0 saturated heterocycles. The largest absolute Gasteiger partial charge is 0.387 e. The van der Waals surface area contributed by atoms with Crippen molar-refractivity contribution in [3.05, 3.63) is 51.2 Å². The van der Waals surface area contributed by atoms with Gasteiger partial charge in [-0.2, -0.15) is 0 Å². The molecule has 0 bridgehead atoms. The summed E-state index contributed by atoms with van der Waals surface area (Å²) in [7, 11) is 1.98. The molecule has 2 aromatic rings. The number of thiazole rings is 1. The number of halogens is 1. The van der Waals surface area contributed by atoms with Crippen LogP contribution in [0.2, 0.25) is 0 Å². The number of rotatable bonds is 5. The first kappa shape index (κ1) is 15.6. The van der Waals surface area contributed by atoms with Crippen molar-refractivity contribution in [1.29, 1.82) is 0 Å². The van der Waals surface area contributed by atoms with E-state index in [4.69, 9.17) is 4.98 Å². The van der Waals surface area contributed by atoms with E-state index in [-0.39, 0.29) is 5.82 Å².